The monoisotopic (exact) mass is 674 g/mol. The van der Waals surface area contributed by atoms with Crippen LogP contribution in [0.4, 0.5) is 0 Å². The van der Waals surface area contributed by atoms with Crippen LogP contribution in [0.5, 0.6) is 0 Å². The van der Waals surface area contributed by atoms with Gasteiger partial charge >= 0.3 is 10.3 Å². The van der Waals surface area contributed by atoms with Gasteiger partial charge in [0.05, 0.1) is 0 Å². The van der Waals surface area contributed by atoms with Crippen molar-refractivity contribution in [3.8, 4) is 45.6 Å². The molecule has 48 heavy (non-hydrogen) atoms. The Labute approximate surface area is 270 Å². The summed E-state index contributed by atoms with van der Waals surface area (Å²) >= 11 is 0. The standard InChI is InChI=1S/C32H18N8O6S2/c41-47(42,43)23-15-7-14-22-24(23)30-36-26-17-9-2-4-11-19(17)28(34-26)39-32-21-13-6-5-12-20(21)31(40(32)48(44,45)46)38-27-18-10-3-1-8-16(18)25(33-27)35-29(22)37-30/h1-15H,(H,41,42,43)(H,44,45,46)(H,33,34,35,36,37,38,39). The van der Waals surface area contributed by atoms with E-state index in [0.717, 1.165) is 0 Å². The maximum atomic E-state index is 13.1. The van der Waals surface area contributed by atoms with Gasteiger partial charge in [0.25, 0.3) is 10.1 Å². The zero-order valence-electron chi connectivity index (χ0n) is 24.1. The minimum atomic E-state index is -5.00. The molecule has 234 valence electrons. The quantitative estimate of drug-likeness (QED) is 0.201. The lowest BCUT2D eigenvalue weighted by Gasteiger charge is -2.01. The van der Waals surface area contributed by atoms with Crippen LogP contribution >= 0.6 is 0 Å². The van der Waals surface area contributed by atoms with E-state index < -0.39 is 25.3 Å². The van der Waals surface area contributed by atoms with Crippen LogP contribution in [-0.2, 0) is 20.4 Å². The summed E-state index contributed by atoms with van der Waals surface area (Å²) in [7, 11) is -9.71. The number of hydrogen-bond acceptors (Lipinski definition) is 10. The average Bonchev–Trinajstić information content (AvgIpc) is 3.78. The number of nitrogens with one attached hydrogen (secondary N) is 1. The molecule has 3 aromatic heterocycles. The van der Waals surface area contributed by atoms with E-state index in [-0.39, 0.29) is 51.3 Å². The maximum absolute atomic E-state index is 13.1. The van der Waals surface area contributed by atoms with Gasteiger partial charge in [-0.15, -0.1) is 0 Å². The second-order valence-corrected chi connectivity index (χ2v) is 13.6. The van der Waals surface area contributed by atoms with Crippen molar-refractivity contribution >= 4 is 64.6 Å². The summed E-state index contributed by atoms with van der Waals surface area (Å²) in [6.45, 7) is 0. The molecule has 9 rings (SSSR count). The molecule has 5 heterocycles. The highest BCUT2D eigenvalue weighted by Gasteiger charge is 2.26. The number of rotatable bonds is 2. The summed E-state index contributed by atoms with van der Waals surface area (Å²) in [6.07, 6.45) is 0. The molecule has 16 heteroatoms. The third-order valence-electron chi connectivity index (χ3n) is 8.16. The Balaban J connectivity index is 1.58. The molecule has 0 spiro atoms. The fraction of sp³-hybridized carbons (Fsp3) is 0. The zero-order chi connectivity index (χ0) is 32.9. The fourth-order valence-corrected chi connectivity index (χ4v) is 7.60. The number of benzene rings is 4. The Kier molecular flexibility index (Phi) is 5.77. The molecule has 0 amide bonds. The molecular formula is C32H18N8O6S2. The van der Waals surface area contributed by atoms with E-state index in [2.05, 4.69) is 19.9 Å². The molecule has 0 radical (unpaired) electrons. The van der Waals surface area contributed by atoms with Crippen LogP contribution in [0.25, 0.3) is 89.7 Å². The minimum Gasteiger partial charge on any atom is -0.324 e. The lowest BCUT2D eigenvalue weighted by Crippen LogP contribution is -2.11. The third kappa shape index (κ3) is 4.17. The molecule has 2 aliphatic rings. The highest BCUT2D eigenvalue weighted by atomic mass is 32.2. The van der Waals surface area contributed by atoms with Gasteiger partial charge in [0.1, 0.15) is 16.2 Å². The van der Waals surface area contributed by atoms with Crippen molar-refractivity contribution in [3.63, 3.8) is 0 Å². The SMILES string of the molecule is O=S(=O)(O)c1cccc2c3nc4nc(nc5c6ccccc6c(nc6nc(nc([nH]3)c12)-c1ccccc1-6)n5S(=O)(=O)O)-c1ccccc1-4. The van der Waals surface area contributed by atoms with Crippen LogP contribution in [0.15, 0.2) is 95.9 Å². The van der Waals surface area contributed by atoms with Crippen LogP contribution in [0.1, 0.15) is 0 Å². The molecule has 8 bridgehead atoms. The van der Waals surface area contributed by atoms with Crippen LogP contribution < -0.4 is 0 Å². The lowest BCUT2D eigenvalue weighted by molar-refractivity contribution is 0.475. The number of aromatic amines is 1. The van der Waals surface area contributed by atoms with Crippen LogP contribution in [0, 0.1) is 0 Å². The zero-order valence-corrected chi connectivity index (χ0v) is 25.8. The van der Waals surface area contributed by atoms with Gasteiger partial charge in [-0.3, -0.25) is 9.11 Å². The first-order valence-corrected chi connectivity index (χ1v) is 17.1. The molecule has 0 saturated carbocycles. The summed E-state index contributed by atoms with van der Waals surface area (Å²) < 4.78 is 72.8. The van der Waals surface area contributed by atoms with Crippen molar-refractivity contribution in [3.05, 3.63) is 91.0 Å². The second-order valence-electron chi connectivity index (χ2n) is 11.0. The van der Waals surface area contributed by atoms with E-state index in [9.17, 15) is 25.9 Å². The minimum absolute atomic E-state index is 0.0358. The smallest absolute Gasteiger partial charge is 0.324 e. The molecule has 4 aromatic carbocycles. The first kappa shape index (κ1) is 28.3. The highest BCUT2D eigenvalue weighted by molar-refractivity contribution is 7.86. The molecule has 14 nitrogen and oxygen atoms in total. The van der Waals surface area contributed by atoms with E-state index in [1.165, 1.54) is 12.1 Å². The van der Waals surface area contributed by atoms with E-state index in [0.29, 0.717) is 42.4 Å². The van der Waals surface area contributed by atoms with E-state index in [4.69, 9.17) is 15.0 Å². The molecule has 0 unspecified atom stereocenters. The molecule has 0 saturated heterocycles. The van der Waals surface area contributed by atoms with Crippen molar-refractivity contribution in [2.75, 3.05) is 0 Å². The Hall–Kier alpha value is -5.94. The molecule has 0 atom stereocenters. The molecule has 3 N–H and O–H groups in total. The molecular weight excluding hydrogens is 657 g/mol. The predicted octanol–water partition coefficient (Wildman–Crippen LogP) is 5.24. The molecule has 7 aromatic rings. The Morgan fingerprint density at radius 2 is 0.938 bits per heavy atom. The highest BCUT2D eigenvalue weighted by Crippen LogP contribution is 2.38. The summed E-state index contributed by atoms with van der Waals surface area (Å²) in [6, 6.07) is 25.1. The van der Waals surface area contributed by atoms with E-state index in [1.807, 2.05) is 0 Å². The predicted molar refractivity (Wildman–Crippen MR) is 176 cm³/mol. The lowest BCUT2D eigenvalue weighted by atomic mass is 10.1. The largest absolute Gasteiger partial charge is 0.366 e. The Morgan fingerprint density at radius 1 is 0.500 bits per heavy atom. The van der Waals surface area contributed by atoms with E-state index in [1.54, 1.807) is 78.9 Å². The summed E-state index contributed by atoms with van der Waals surface area (Å²) in [5.74, 6) is 0.484. The second kappa shape index (κ2) is 9.79. The maximum Gasteiger partial charge on any atom is 0.366 e. The van der Waals surface area contributed by atoms with E-state index >= 15 is 0 Å². The first-order valence-electron chi connectivity index (χ1n) is 14.3. The van der Waals surface area contributed by atoms with Crippen LogP contribution in [0.3, 0.4) is 0 Å². The average molecular weight is 675 g/mol. The number of H-pyrrole nitrogens is 1. The van der Waals surface area contributed by atoms with Gasteiger partial charge in [-0.2, -0.15) is 20.8 Å². The van der Waals surface area contributed by atoms with Crippen LogP contribution in [0.2, 0.25) is 0 Å². The van der Waals surface area contributed by atoms with Crippen molar-refractivity contribution in [2.45, 2.75) is 4.90 Å². The summed E-state index contributed by atoms with van der Waals surface area (Å²) in [5, 5.41) is 1.14. The number of nitrogens with zero attached hydrogens (tertiary/aromatic N) is 7. The fourth-order valence-electron chi connectivity index (χ4n) is 6.16. The van der Waals surface area contributed by atoms with Gasteiger partial charge in [0.2, 0.25) is 0 Å². The van der Waals surface area contributed by atoms with Crippen molar-refractivity contribution < 1.29 is 25.9 Å². The first-order chi connectivity index (χ1) is 23.1. The number of aromatic nitrogens is 8. The van der Waals surface area contributed by atoms with Crippen LogP contribution in [-0.4, -0.2) is 64.8 Å². The van der Waals surface area contributed by atoms with Gasteiger partial charge in [0.15, 0.2) is 34.6 Å². The molecule has 2 aliphatic heterocycles. The Bertz CT molecular complexity index is 2980. The topological polar surface area (TPSA) is 207 Å². The van der Waals surface area contributed by atoms with Gasteiger partial charge in [-0.25, -0.2) is 29.9 Å². The summed E-state index contributed by atoms with van der Waals surface area (Å²) in [4.78, 5) is 30.9. The van der Waals surface area contributed by atoms with Gasteiger partial charge < -0.3 is 4.98 Å². The molecule has 0 fully saturated rings. The van der Waals surface area contributed by atoms with Gasteiger partial charge in [-0.05, 0) is 6.07 Å². The van der Waals surface area contributed by atoms with Crippen molar-refractivity contribution in [2.24, 2.45) is 0 Å². The number of hydrogen-bond donors (Lipinski definition) is 3. The van der Waals surface area contributed by atoms with Gasteiger partial charge in [0, 0.05) is 43.8 Å². The normalized spacial score (nSPS) is 12.7. The number of fused-ring (bicyclic) bond motifs is 20. The third-order valence-corrected chi connectivity index (χ3v) is 9.86. The van der Waals surface area contributed by atoms with Gasteiger partial charge in [-0.1, -0.05) is 84.9 Å². The van der Waals surface area contributed by atoms with Crippen molar-refractivity contribution in [1.29, 1.82) is 0 Å². The summed E-state index contributed by atoms with van der Waals surface area (Å²) in [5.41, 5.74) is 2.02. The Morgan fingerprint density at radius 3 is 1.42 bits per heavy atom. The van der Waals surface area contributed by atoms with Crippen molar-refractivity contribution in [1.82, 2.24) is 38.9 Å². The molecule has 0 aliphatic carbocycles.